The molecule has 0 rings (SSSR count). The van der Waals surface area contributed by atoms with Gasteiger partial charge in [-0.25, -0.2) is 0 Å². The van der Waals surface area contributed by atoms with Crippen LogP contribution in [0, 0.1) is 5.92 Å². The second-order valence-electron chi connectivity index (χ2n) is 21.9. The van der Waals surface area contributed by atoms with Gasteiger partial charge in [0.15, 0.2) is 6.10 Å². The zero-order valence-corrected chi connectivity index (χ0v) is 47.3. The van der Waals surface area contributed by atoms with E-state index in [0.717, 1.165) is 63.7 Å². The third kappa shape index (κ3) is 55.6. The van der Waals surface area contributed by atoms with Crippen molar-refractivity contribution < 1.29 is 28.6 Å². The molecular formula is C63H122O6. The van der Waals surface area contributed by atoms with E-state index < -0.39 is 6.10 Å². The van der Waals surface area contributed by atoms with Crippen LogP contribution < -0.4 is 0 Å². The van der Waals surface area contributed by atoms with Crippen LogP contribution in [0.5, 0.6) is 0 Å². The molecular weight excluding hydrogens is 853 g/mol. The molecule has 0 spiro atoms. The first-order valence-corrected chi connectivity index (χ1v) is 31.4. The molecule has 0 saturated heterocycles. The fourth-order valence-corrected chi connectivity index (χ4v) is 9.78. The highest BCUT2D eigenvalue weighted by molar-refractivity contribution is 5.71. The van der Waals surface area contributed by atoms with Crippen LogP contribution in [0.4, 0.5) is 0 Å². The topological polar surface area (TPSA) is 78.9 Å². The second-order valence-corrected chi connectivity index (χ2v) is 21.9. The Kier molecular flexibility index (Phi) is 56.0. The van der Waals surface area contributed by atoms with Crippen molar-refractivity contribution in [2.75, 3.05) is 13.2 Å². The maximum Gasteiger partial charge on any atom is 0.306 e. The number of carbonyl (C=O) groups excluding carboxylic acids is 3. The minimum Gasteiger partial charge on any atom is -0.462 e. The maximum atomic E-state index is 12.9. The highest BCUT2D eigenvalue weighted by Gasteiger charge is 2.19. The molecule has 2 atom stereocenters. The van der Waals surface area contributed by atoms with Crippen LogP contribution in [-0.2, 0) is 28.6 Å². The van der Waals surface area contributed by atoms with Crippen LogP contribution in [-0.4, -0.2) is 37.2 Å². The first-order valence-electron chi connectivity index (χ1n) is 31.4. The summed E-state index contributed by atoms with van der Waals surface area (Å²) in [6, 6.07) is 0. The fourth-order valence-electron chi connectivity index (χ4n) is 9.78. The molecule has 0 fully saturated rings. The average molecular weight is 976 g/mol. The monoisotopic (exact) mass is 975 g/mol. The van der Waals surface area contributed by atoms with Crippen molar-refractivity contribution in [3.8, 4) is 0 Å². The molecule has 0 aromatic carbocycles. The molecule has 1 unspecified atom stereocenters. The largest absolute Gasteiger partial charge is 0.462 e. The van der Waals surface area contributed by atoms with Crippen LogP contribution in [0.3, 0.4) is 0 Å². The Balaban J connectivity index is 4.28. The zero-order valence-electron chi connectivity index (χ0n) is 47.3. The van der Waals surface area contributed by atoms with Crippen molar-refractivity contribution in [3.63, 3.8) is 0 Å². The predicted octanol–water partition coefficient (Wildman–Crippen LogP) is 21.0. The summed E-state index contributed by atoms with van der Waals surface area (Å²) in [6.45, 7) is 9.10. The molecule has 0 saturated carbocycles. The first-order chi connectivity index (χ1) is 33.9. The van der Waals surface area contributed by atoms with Gasteiger partial charge in [-0.15, -0.1) is 0 Å². The predicted molar refractivity (Wildman–Crippen MR) is 298 cm³/mol. The van der Waals surface area contributed by atoms with Crippen molar-refractivity contribution in [2.24, 2.45) is 5.92 Å². The van der Waals surface area contributed by atoms with Gasteiger partial charge in [0, 0.05) is 19.3 Å². The third-order valence-corrected chi connectivity index (χ3v) is 14.9. The van der Waals surface area contributed by atoms with Crippen LogP contribution in [0.2, 0.25) is 0 Å². The van der Waals surface area contributed by atoms with E-state index in [9.17, 15) is 14.4 Å². The highest BCUT2D eigenvalue weighted by atomic mass is 16.6. The quantitative estimate of drug-likeness (QED) is 0.0343. The Morgan fingerprint density at radius 2 is 0.507 bits per heavy atom. The lowest BCUT2D eigenvalue weighted by molar-refractivity contribution is -0.167. The molecule has 0 aliphatic heterocycles. The first kappa shape index (κ1) is 67.4. The van der Waals surface area contributed by atoms with E-state index in [-0.39, 0.29) is 31.1 Å². The summed E-state index contributed by atoms with van der Waals surface area (Å²) in [7, 11) is 0. The molecule has 0 amide bonds. The molecule has 0 aromatic heterocycles. The average Bonchev–Trinajstić information content (AvgIpc) is 3.35. The van der Waals surface area contributed by atoms with Gasteiger partial charge in [0.25, 0.3) is 0 Å². The van der Waals surface area contributed by atoms with Gasteiger partial charge in [0.05, 0.1) is 0 Å². The molecule has 6 nitrogen and oxygen atoms in total. The van der Waals surface area contributed by atoms with Crippen molar-refractivity contribution in [1.29, 1.82) is 0 Å². The Labute approximate surface area is 431 Å². The molecule has 0 heterocycles. The zero-order chi connectivity index (χ0) is 50.2. The summed E-state index contributed by atoms with van der Waals surface area (Å²) in [6.07, 6.45) is 63.8. The molecule has 69 heavy (non-hydrogen) atoms. The fraction of sp³-hybridized carbons (Fsp3) is 0.952. The Morgan fingerprint density at radius 3 is 0.754 bits per heavy atom. The molecule has 0 aromatic rings. The van der Waals surface area contributed by atoms with Crippen molar-refractivity contribution in [3.05, 3.63) is 0 Å². The summed E-state index contributed by atoms with van der Waals surface area (Å²) < 4.78 is 16.9. The van der Waals surface area contributed by atoms with E-state index in [1.165, 1.54) is 257 Å². The van der Waals surface area contributed by atoms with E-state index in [2.05, 4.69) is 27.7 Å². The lowest BCUT2D eigenvalue weighted by atomic mass is 9.99. The molecule has 410 valence electrons. The van der Waals surface area contributed by atoms with Crippen molar-refractivity contribution >= 4 is 17.9 Å². The summed E-state index contributed by atoms with van der Waals surface area (Å²) in [5, 5.41) is 0. The van der Waals surface area contributed by atoms with Crippen LogP contribution >= 0.6 is 0 Å². The lowest BCUT2D eigenvalue weighted by Crippen LogP contribution is -2.30. The molecule has 6 heteroatoms. The van der Waals surface area contributed by atoms with Crippen molar-refractivity contribution in [1.82, 2.24) is 0 Å². The van der Waals surface area contributed by atoms with E-state index in [1.54, 1.807) is 0 Å². The van der Waals surface area contributed by atoms with Gasteiger partial charge in [-0.3, -0.25) is 14.4 Å². The molecule has 0 radical (unpaired) electrons. The van der Waals surface area contributed by atoms with Crippen LogP contribution in [0.15, 0.2) is 0 Å². The Bertz CT molecular complexity index is 1040. The van der Waals surface area contributed by atoms with Crippen LogP contribution in [0.1, 0.15) is 362 Å². The number of hydrogen-bond donors (Lipinski definition) is 0. The van der Waals surface area contributed by atoms with E-state index in [0.29, 0.717) is 19.3 Å². The normalized spacial score (nSPS) is 12.3. The summed E-state index contributed by atoms with van der Waals surface area (Å²) in [5.74, 6) is 0.0391. The summed E-state index contributed by atoms with van der Waals surface area (Å²) >= 11 is 0. The summed E-state index contributed by atoms with van der Waals surface area (Å²) in [5.41, 5.74) is 0. The number of ether oxygens (including phenoxy) is 3. The van der Waals surface area contributed by atoms with Crippen molar-refractivity contribution in [2.45, 2.75) is 368 Å². The van der Waals surface area contributed by atoms with E-state index >= 15 is 0 Å². The SMILES string of the molecule is CCCCCCCCCCCCCCCCCCCCCC(=O)OC[C@H](COC(=O)CCCCCCCCCCCCC(C)CC)OC(=O)CCCCCCCCCCCCCCCCCCCC. The number of unbranched alkanes of at least 4 members (excludes halogenated alkanes) is 44. The number of rotatable bonds is 58. The van der Waals surface area contributed by atoms with Gasteiger partial charge in [-0.1, -0.05) is 323 Å². The highest BCUT2D eigenvalue weighted by Crippen LogP contribution is 2.19. The van der Waals surface area contributed by atoms with Gasteiger partial charge in [0.1, 0.15) is 13.2 Å². The smallest absolute Gasteiger partial charge is 0.306 e. The van der Waals surface area contributed by atoms with Gasteiger partial charge in [0.2, 0.25) is 0 Å². The van der Waals surface area contributed by atoms with Gasteiger partial charge < -0.3 is 14.2 Å². The summed E-state index contributed by atoms with van der Waals surface area (Å²) in [4.78, 5) is 38.3. The number of hydrogen-bond acceptors (Lipinski definition) is 6. The Morgan fingerprint density at radius 1 is 0.290 bits per heavy atom. The second kappa shape index (κ2) is 57.3. The molecule has 0 aliphatic carbocycles. The van der Waals surface area contributed by atoms with Gasteiger partial charge in [-0.2, -0.15) is 0 Å². The van der Waals surface area contributed by atoms with Crippen LogP contribution in [0.25, 0.3) is 0 Å². The lowest BCUT2D eigenvalue weighted by Gasteiger charge is -2.18. The minimum atomic E-state index is -0.763. The molecule has 0 N–H and O–H groups in total. The third-order valence-electron chi connectivity index (χ3n) is 14.9. The Hall–Kier alpha value is -1.59. The number of esters is 3. The van der Waals surface area contributed by atoms with E-state index in [1.807, 2.05) is 0 Å². The van der Waals surface area contributed by atoms with Gasteiger partial charge in [-0.05, 0) is 25.2 Å². The maximum absolute atomic E-state index is 12.9. The minimum absolute atomic E-state index is 0.0615. The molecule has 0 bridgehead atoms. The molecule has 0 aliphatic rings. The number of carbonyl (C=O) groups is 3. The van der Waals surface area contributed by atoms with Gasteiger partial charge >= 0.3 is 17.9 Å². The van der Waals surface area contributed by atoms with E-state index in [4.69, 9.17) is 14.2 Å². The standard InChI is InChI=1S/C63H122O6/c1-5-8-10-12-14-16-18-20-22-24-26-28-29-31-33-38-42-46-50-54-61(64)67-57-60(58-68-62(65)55-51-47-43-39-36-35-37-41-45-49-53-59(4)7-3)69-63(66)56-52-48-44-40-34-32-30-27-25-23-21-19-17-15-13-11-9-6-2/h59-60H,5-58H2,1-4H3/t59?,60-/m1/s1.